The van der Waals surface area contributed by atoms with Gasteiger partial charge in [-0.05, 0) is 6.42 Å². The lowest BCUT2D eigenvalue weighted by Gasteiger charge is -2.05. The highest BCUT2D eigenvalue weighted by atomic mass is 16.5. The molecule has 0 rings (SSSR count). The third-order valence-corrected chi connectivity index (χ3v) is 1.30. The van der Waals surface area contributed by atoms with Crippen LogP contribution in [0.1, 0.15) is 26.2 Å². The molecule has 0 aromatic heterocycles. The lowest BCUT2D eigenvalue weighted by atomic mass is 10.2. The maximum atomic E-state index is 10.5. The average molecular weight is 146 g/mol. The Morgan fingerprint density at radius 1 is 1.70 bits per heavy atom. The van der Waals surface area contributed by atoms with Crippen molar-refractivity contribution >= 4 is 5.97 Å². The fraction of sp³-hybridized carbons (Fsp3) is 0.857. The Kier molecular flexibility index (Phi) is 4.94. The van der Waals surface area contributed by atoms with Gasteiger partial charge in [-0.3, -0.25) is 0 Å². The minimum absolute atomic E-state index is 0.503. The van der Waals surface area contributed by atoms with Crippen molar-refractivity contribution in [2.24, 2.45) is 0 Å². The molecule has 0 fully saturated rings. The van der Waals surface area contributed by atoms with E-state index in [9.17, 15) is 4.79 Å². The van der Waals surface area contributed by atoms with Crippen LogP contribution in [0.25, 0.3) is 0 Å². The molecule has 60 valence electrons. The topological polar surface area (TPSA) is 46.5 Å². The SMILES string of the molecule is CCCCC(O)C(=O)OC. The predicted octanol–water partition coefficient (Wildman–Crippen LogP) is 0.710. The van der Waals surface area contributed by atoms with E-state index in [-0.39, 0.29) is 0 Å². The summed E-state index contributed by atoms with van der Waals surface area (Å²) in [5.74, 6) is -0.534. The van der Waals surface area contributed by atoms with Gasteiger partial charge in [0.1, 0.15) is 0 Å². The quantitative estimate of drug-likeness (QED) is 0.594. The maximum Gasteiger partial charge on any atom is 0.334 e. The van der Waals surface area contributed by atoms with Gasteiger partial charge >= 0.3 is 5.97 Å². The minimum atomic E-state index is -0.926. The number of carbonyl (C=O) groups excluding carboxylic acids is 1. The van der Waals surface area contributed by atoms with Gasteiger partial charge in [0, 0.05) is 0 Å². The number of aliphatic hydroxyl groups is 1. The molecule has 0 spiro atoms. The normalized spacial score (nSPS) is 12.7. The Morgan fingerprint density at radius 3 is 2.70 bits per heavy atom. The van der Waals surface area contributed by atoms with Gasteiger partial charge in [-0.2, -0.15) is 0 Å². The van der Waals surface area contributed by atoms with Gasteiger partial charge in [-0.15, -0.1) is 0 Å². The molecule has 0 bridgehead atoms. The Hall–Kier alpha value is -0.570. The molecule has 3 heteroatoms. The summed E-state index contributed by atoms with van der Waals surface area (Å²) in [5, 5.41) is 8.97. The monoisotopic (exact) mass is 146 g/mol. The van der Waals surface area contributed by atoms with Crippen LogP contribution in [0.3, 0.4) is 0 Å². The molecule has 0 aromatic rings. The smallest absolute Gasteiger partial charge is 0.334 e. The predicted molar refractivity (Wildman–Crippen MR) is 37.5 cm³/mol. The van der Waals surface area contributed by atoms with Gasteiger partial charge in [-0.1, -0.05) is 19.8 Å². The van der Waals surface area contributed by atoms with Crippen molar-refractivity contribution in [3.63, 3.8) is 0 Å². The van der Waals surface area contributed by atoms with Gasteiger partial charge in [-0.25, -0.2) is 4.79 Å². The van der Waals surface area contributed by atoms with E-state index in [4.69, 9.17) is 5.11 Å². The summed E-state index contributed by atoms with van der Waals surface area (Å²) in [6.45, 7) is 2.00. The van der Waals surface area contributed by atoms with Crippen molar-refractivity contribution in [2.45, 2.75) is 32.3 Å². The number of hydrogen-bond donors (Lipinski definition) is 1. The molecule has 3 nitrogen and oxygen atoms in total. The molecular formula is C7H14O3. The highest BCUT2D eigenvalue weighted by Gasteiger charge is 2.13. The molecule has 1 N–H and O–H groups in total. The van der Waals surface area contributed by atoms with Crippen LogP contribution in [0.2, 0.25) is 0 Å². The summed E-state index contributed by atoms with van der Waals surface area (Å²) in [6, 6.07) is 0. The third kappa shape index (κ3) is 3.45. The van der Waals surface area contributed by atoms with E-state index in [1.165, 1.54) is 7.11 Å². The molecule has 0 amide bonds. The second-order valence-corrected chi connectivity index (χ2v) is 2.18. The van der Waals surface area contributed by atoms with E-state index in [1.807, 2.05) is 6.92 Å². The summed E-state index contributed by atoms with van der Waals surface area (Å²) >= 11 is 0. The summed E-state index contributed by atoms with van der Waals surface area (Å²) in [5.41, 5.74) is 0. The molecule has 1 unspecified atom stereocenters. The minimum Gasteiger partial charge on any atom is -0.467 e. The van der Waals surface area contributed by atoms with E-state index in [2.05, 4.69) is 4.74 Å². The molecule has 1 atom stereocenters. The molecule has 0 saturated heterocycles. The third-order valence-electron chi connectivity index (χ3n) is 1.30. The van der Waals surface area contributed by atoms with Crippen LogP contribution in [0.15, 0.2) is 0 Å². The number of unbranched alkanes of at least 4 members (excludes halogenated alkanes) is 1. The summed E-state index contributed by atoms with van der Waals surface area (Å²) in [4.78, 5) is 10.5. The van der Waals surface area contributed by atoms with Crippen LogP contribution in [0.4, 0.5) is 0 Å². The first kappa shape index (κ1) is 9.43. The first-order valence-electron chi connectivity index (χ1n) is 3.48. The lowest BCUT2D eigenvalue weighted by Crippen LogP contribution is -2.21. The molecule has 0 aliphatic heterocycles. The Bertz CT molecular complexity index is 101. The number of ether oxygens (including phenoxy) is 1. The molecule has 0 saturated carbocycles. The second kappa shape index (κ2) is 5.23. The zero-order valence-electron chi connectivity index (χ0n) is 6.46. The first-order valence-corrected chi connectivity index (χ1v) is 3.48. The van der Waals surface area contributed by atoms with E-state index < -0.39 is 12.1 Å². The van der Waals surface area contributed by atoms with Crippen LogP contribution < -0.4 is 0 Å². The highest BCUT2D eigenvalue weighted by Crippen LogP contribution is 2.00. The summed E-state index contributed by atoms with van der Waals surface area (Å²) < 4.78 is 4.32. The zero-order chi connectivity index (χ0) is 7.98. The van der Waals surface area contributed by atoms with Crippen molar-refractivity contribution in [1.29, 1.82) is 0 Å². The number of rotatable bonds is 4. The van der Waals surface area contributed by atoms with Gasteiger partial charge in [0.2, 0.25) is 0 Å². The number of methoxy groups -OCH3 is 1. The van der Waals surface area contributed by atoms with Crippen molar-refractivity contribution in [3.05, 3.63) is 0 Å². The molecule has 10 heavy (non-hydrogen) atoms. The van der Waals surface area contributed by atoms with Crippen molar-refractivity contribution in [1.82, 2.24) is 0 Å². The number of esters is 1. The lowest BCUT2D eigenvalue weighted by molar-refractivity contribution is -0.150. The van der Waals surface area contributed by atoms with Gasteiger partial charge < -0.3 is 9.84 Å². The number of aliphatic hydroxyl groups excluding tert-OH is 1. The van der Waals surface area contributed by atoms with Crippen LogP contribution in [0, 0.1) is 0 Å². The molecule has 0 aliphatic rings. The largest absolute Gasteiger partial charge is 0.467 e. The summed E-state index contributed by atoms with van der Waals surface area (Å²) in [6.07, 6.45) is 1.41. The Labute approximate surface area is 61.0 Å². The summed E-state index contributed by atoms with van der Waals surface area (Å²) in [7, 11) is 1.28. The zero-order valence-corrected chi connectivity index (χ0v) is 6.46. The van der Waals surface area contributed by atoms with Crippen LogP contribution in [0.5, 0.6) is 0 Å². The molecular weight excluding hydrogens is 132 g/mol. The molecule has 0 radical (unpaired) electrons. The van der Waals surface area contributed by atoms with Crippen LogP contribution >= 0.6 is 0 Å². The molecule has 0 heterocycles. The van der Waals surface area contributed by atoms with Crippen molar-refractivity contribution < 1.29 is 14.6 Å². The molecule has 0 aliphatic carbocycles. The van der Waals surface area contributed by atoms with Gasteiger partial charge in [0.25, 0.3) is 0 Å². The second-order valence-electron chi connectivity index (χ2n) is 2.18. The number of carbonyl (C=O) groups is 1. The Balaban J connectivity index is 3.41. The van der Waals surface area contributed by atoms with Crippen LogP contribution in [-0.2, 0) is 9.53 Å². The fourth-order valence-electron chi connectivity index (χ4n) is 0.651. The number of hydrogen-bond acceptors (Lipinski definition) is 3. The Morgan fingerprint density at radius 2 is 2.30 bits per heavy atom. The highest BCUT2D eigenvalue weighted by molar-refractivity contribution is 5.74. The maximum absolute atomic E-state index is 10.5. The van der Waals surface area contributed by atoms with Crippen LogP contribution in [-0.4, -0.2) is 24.3 Å². The van der Waals surface area contributed by atoms with E-state index >= 15 is 0 Å². The molecule has 0 aromatic carbocycles. The van der Waals surface area contributed by atoms with Gasteiger partial charge in [0.15, 0.2) is 6.10 Å². The average Bonchev–Trinajstić information content (AvgIpc) is 1.98. The fourth-order valence-corrected chi connectivity index (χ4v) is 0.651. The van der Waals surface area contributed by atoms with Gasteiger partial charge in [0.05, 0.1) is 7.11 Å². The van der Waals surface area contributed by atoms with E-state index in [0.29, 0.717) is 6.42 Å². The first-order chi connectivity index (χ1) is 4.72. The van der Waals surface area contributed by atoms with E-state index in [1.54, 1.807) is 0 Å². The van der Waals surface area contributed by atoms with E-state index in [0.717, 1.165) is 12.8 Å². The standard InChI is InChI=1S/C7H14O3/c1-3-4-5-6(8)7(9)10-2/h6,8H,3-5H2,1-2H3. The van der Waals surface area contributed by atoms with Crippen molar-refractivity contribution in [3.8, 4) is 0 Å². The van der Waals surface area contributed by atoms with Crippen molar-refractivity contribution in [2.75, 3.05) is 7.11 Å².